The Kier molecular flexibility index (Phi) is 8.13. The number of hydrogen-bond donors (Lipinski definition) is 2. The molecule has 1 unspecified atom stereocenters. The normalized spacial score (nSPS) is 16.6. The monoisotopic (exact) mass is 619 g/mol. The number of fused-ring (bicyclic) bond motifs is 2. The van der Waals surface area contributed by atoms with Gasteiger partial charge in [-0.25, -0.2) is 4.79 Å². The quantitative estimate of drug-likeness (QED) is 0.289. The van der Waals surface area contributed by atoms with Crippen molar-refractivity contribution in [2.75, 3.05) is 44.2 Å². The average molecular weight is 620 g/mol. The van der Waals surface area contributed by atoms with Crippen molar-refractivity contribution in [3.05, 3.63) is 100 Å². The van der Waals surface area contributed by atoms with E-state index in [1.54, 1.807) is 28.4 Å². The number of hydrogen-bond acceptors (Lipinski definition) is 7. The van der Waals surface area contributed by atoms with Crippen LogP contribution in [0, 0.1) is 6.92 Å². The number of rotatable bonds is 6. The first-order valence-corrected chi connectivity index (χ1v) is 15.9. The number of piperidine rings is 1. The summed E-state index contributed by atoms with van der Waals surface area (Å²) in [5.41, 5.74) is 5.41. The second kappa shape index (κ2) is 12.7. The van der Waals surface area contributed by atoms with Gasteiger partial charge >= 0.3 is 6.09 Å². The van der Waals surface area contributed by atoms with Gasteiger partial charge in [0, 0.05) is 80.2 Å². The summed E-state index contributed by atoms with van der Waals surface area (Å²) in [6.07, 6.45) is 5.38. The van der Waals surface area contributed by atoms with E-state index in [-0.39, 0.29) is 23.8 Å². The zero-order chi connectivity index (χ0) is 31.6. The Morgan fingerprint density at radius 2 is 1.70 bits per heavy atom. The number of para-hydroxylation sites is 1. The number of aromatic nitrogens is 4. The molecule has 2 amide bonds. The predicted octanol–water partition coefficient (Wildman–Crippen LogP) is 4.38. The predicted molar refractivity (Wildman–Crippen MR) is 176 cm³/mol. The fraction of sp³-hybridized carbons (Fsp3) is 0.343. The molecule has 5 aromatic rings. The number of likely N-dealkylation sites (tertiary alicyclic amines) is 1. The summed E-state index contributed by atoms with van der Waals surface area (Å²) in [4.78, 5) is 53.2. The maximum absolute atomic E-state index is 14.0. The third-order valence-electron chi connectivity index (χ3n) is 9.34. The third kappa shape index (κ3) is 6.04. The standard InChI is InChI=1S/C35H37N7O4/c1-23-18-24(19-27-22-37-39-32(23)27)20-31(34(44)41-16-14-40(15-17-41)28-6-10-36-11-7-28)46-35(45)42-12-8-25(9-13-42)29-21-26-4-2-3-5-30(26)38-33(29)43/h2-7,10-11,18-19,21-22,25,31H,8-9,12-17,20H2,1H3,(H,37,39)(H,38,43). The van der Waals surface area contributed by atoms with Gasteiger partial charge in [0.15, 0.2) is 6.10 Å². The van der Waals surface area contributed by atoms with Crippen LogP contribution in [-0.2, 0) is 16.0 Å². The summed E-state index contributed by atoms with van der Waals surface area (Å²) in [7, 11) is 0. The number of pyridine rings is 2. The summed E-state index contributed by atoms with van der Waals surface area (Å²) in [6.45, 7) is 5.30. The van der Waals surface area contributed by atoms with Gasteiger partial charge < -0.3 is 24.4 Å². The van der Waals surface area contributed by atoms with Crippen molar-refractivity contribution in [1.29, 1.82) is 0 Å². The second-order valence-electron chi connectivity index (χ2n) is 12.2. The molecule has 11 heteroatoms. The van der Waals surface area contributed by atoms with Gasteiger partial charge in [-0.2, -0.15) is 5.10 Å². The van der Waals surface area contributed by atoms with Crippen LogP contribution in [0.2, 0.25) is 0 Å². The van der Waals surface area contributed by atoms with Crippen LogP contribution in [0.15, 0.2) is 78.0 Å². The van der Waals surface area contributed by atoms with Crippen LogP contribution in [0.25, 0.3) is 21.8 Å². The van der Waals surface area contributed by atoms with E-state index in [0.29, 0.717) is 52.1 Å². The topological polar surface area (TPSA) is 128 Å². The molecule has 0 spiro atoms. The van der Waals surface area contributed by atoms with Crippen molar-refractivity contribution in [2.24, 2.45) is 0 Å². The molecule has 236 valence electrons. The molecule has 3 aromatic heterocycles. The van der Waals surface area contributed by atoms with E-state index in [1.165, 1.54) is 0 Å². The Balaban J connectivity index is 1.05. The molecule has 0 bridgehead atoms. The molecule has 2 aliphatic rings. The second-order valence-corrected chi connectivity index (χ2v) is 12.2. The van der Waals surface area contributed by atoms with Crippen LogP contribution in [0.4, 0.5) is 10.5 Å². The summed E-state index contributed by atoms with van der Waals surface area (Å²) in [5, 5.41) is 9.11. The molecule has 2 aliphatic heterocycles. The van der Waals surface area contributed by atoms with Crippen LogP contribution < -0.4 is 10.5 Å². The fourth-order valence-corrected chi connectivity index (χ4v) is 6.80. The maximum Gasteiger partial charge on any atom is 0.410 e. The lowest BCUT2D eigenvalue weighted by Gasteiger charge is -2.38. The van der Waals surface area contributed by atoms with Gasteiger partial charge in [-0.15, -0.1) is 0 Å². The molecular formula is C35H37N7O4. The zero-order valence-corrected chi connectivity index (χ0v) is 25.8. The first-order valence-electron chi connectivity index (χ1n) is 15.9. The van der Waals surface area contributed by atoms with Gasteiger partial charge in [-0.3, -0.25) is 19.7 Å². The van der Waals surface area contributed by atoms with Crippen molar-refractivity contribution < 1.29 is 14.3 Å². The summed E-state index contributed by atoms with van der Waals surface area (Å²) in [6, 6.07) is 17.7. The van der Waals surface area contributed by atoms with Crippen LogP contribution >= 0.6 is 0 Å². The van der Waals surface area contributed by atoms with E-state index in [1.807, 2.05) is 61.5 Å². The average Bonchev–Trinajstić information content (AvgIpc) is 3.57. The number of piperazine rings is 1. The number of aromatic amines is 2. The maximum atomic E-state index is 14.0. The number of ether oxygens (including phenoxy) is 1. The molecule has 0 saturated carbocycles. The molecule has 2 fully saturated rings. The SMILES string of the molecule is Cc1cc(CC(OC(=O)N2CCC(c3cc4ccccc4[nH]c3=O)CC2)C(=O)N2CCN(c3ccncc3)CC2)cc2cn[nH]c12. The van der Waals surface area contributed by atoms with Crippen molar-refractivity contribution in [1.82, 2.24) is 30.0 Å². The molecule has 0 aliphatic carbocycles. The van der Waals surface area contributed by atoms with Gasteiger partial charge in [-0.1, -0.05) is 24.3 Å². The summed E-state index contributed by atoms with van der Waals surface area (Å²) >= 11 is 0. The lowest BCUT2D eigenvalue weighted by molar-refractivity contribution is -0.141. The Bertz CT molecular complexity index is 1920. The molecule has 7 rings (SSSR count). The van der Waals surface area contributed by atoms with E-state index in [4.69, 9.17) is 4.74 Å². The van der Waals surface area contributed by atoms with Crippen molar-refractivity contribution >= 4 is 39.5 Å². The lowest BCUT2D eigenvalue weighted by atomic mass is 9.89. The number of amides is 2. The Labute approximate surface area is 266 Å². The molecule has 1 atom stereocenters. The highest BCUT2D eigenvalue weighted by molar-refractivity contribution is 5.85. The number of nitrogens with zero attached hydrogens (tertiary/aromatic N) is 5. The number of carbonyl (C=O) groups excluding carboxylic acids is 2. The molecule has 2 N–H and O–H groups in total. The minimum absolute atomic E-state index is 0.0381. The number of aryl methyl sites for hydroxylation is 1. The highest BCUT2D eigenvalue weighted by Crippen LogP contribution is 2.28. The van der Waals surface area contributed by atoms with E-state index >= 15 is 0 Å². The first kappa shape index (κ1) is 29.5. The van der Waals surface area contributed by atoms with E-state index in [0.717, 1.165) is 44.2 Å². The molecule has 0 radical (unpaired) electrons. The highest BCUT2D eigenvalue weighted by atomic mass is 16.6. The number of anilines is 1. The van der Waals surface area contributed by atoms with Gasteiger partial charge in [0.1, 0.15) is 0 Å². The van der Waals surface area contributed by atoms with Crippen molar-refractivity contribution in [3.8, 4) is 0 Å². The number of benzene rings is 2. The van der Waals surface area contributed by atoms with Gasteiger partial charge in [0.05, 0.1) is 11.7 Å². The van der Waals surface area contributed by atoms with Gasteiger partial charge in [0.25, 0.3) is 11.5 Å². The molecule has 11 nitrogen and oxygen atoms in total. The number of carbonyl (C=O) groups is 2. The first-order chi connectivity index (χ1) is 22.4. The molecule has 2 saturated heterocycles. The van der Waals surface area contributed by atoms with Gasteiger partial charge in [0.2, 0.25) is 0 Å². The summed E-state index contributed by atoms with van der Waals surface area (Å²) < 4.78 is 6.06. The van der Waals surface area contributed by atoms with Crippen LogP contribution in [0.5, 0.6) is 0 Å². The lowest BCUT2D eigenvalue weighted by Crippen LogP contribution is -2.53. The fourth-order valence-electron chi connectivity index (χ4n) is 6.80. The van der Waals surface area contributed by atoms with Crippen molar-refractivity contribution in [3.63, 3.8) is 0 Å². The molecule has 2 aromatic carbocycles. The Morgan fingerprint density at radius 3 is 2.48 bits per heavy atom. The van der Waals surface area contributed by atoms with Crippen LogP contribution in [-0.4, -0.2) is 87.3 Å². The van der Waals surface area contributed by atoms with E-state index < -0.39 is 12.2 Å². The molecular weight excluding hydrogens is 582 g/mol. The Morgan fingerprint density at radius 1 is 0.935 bits per heavy atom. The largest absolute Gasteiger partial charge is 0.436 e. The van der Waals surface area contributed by atoms with Crippen LogP contribution in [0.3, 0.4) is 0 Å². The van der Waals surface area contributed by atoms with E-state index in [2.05, 4.69) is 25.1 Å². The number of H-pyrrole nitrogens is 2. The smallest absolute Gasteiger partial charge is 0.410 e. The minimum atomic E-state index is -0.968. The van der Waals surface area contributed by atoms with E-state index in [9.17, 15) is 14.4 Å². The highest BCUT2D eigenvalue weighted by Gasteiger charge is 2.34. The third-order valence-corrected chi connectivity index (χ3v) is 9.34. The summed E-state index contributed by atoms with van der Waals surface area (Å²) in [5.74, 6) is -0.151. The Hall–Kier alpha value is -5.19. The molecule has 5 heterocycles. The van der Waals surface area contributed by atoms with Gasteiger partial charge in [-0.05, 0) is 72.5 Å². The minimum Gasteiger partial charge on any atom is -0.436 e. The van der Waals surface area contributed by atoms with Crippen molar-refractivity contribution in [2.45, 2.75) is 38.2 Å². The molecule has 46 heavy (non-hydrogen) atoms. The van der Waals surface area contributed by atoms with Crippen LogP contribution in [0.1, 0.15) is 35.4 Å². The number of nitrogens with one attached hydrogen (secondary N) is 2. The zero-order valence-electron chi connectivity index (χ0n) is 25.8.